The first-order valence-corrected chi connectivity index (χ1v) is 16.7. The lowest BCUT2D eigenvalue weighted by molar-refractivity contribution is 0.671. The lowest BCUT2D eigenvalue weighted by Crippen LogP contribution is -2.05. The van der Waals surface area contributed by atoms with Crippen molar-refractivity contribution in [3.63, 3.8) is 0 Å². The summed E-state index contributed by atoms with van der Waals surface area (Å²) >= 11 is 0. The predicted molar refractivity (Wildman–Crippen MR) is 187 cm³/mol. The molecule has 5 heterocycles. The Labute approximate surface area is 267 Å². The molecule has 5 heteroatoms. The minimum Gasteiger partial charge on any atom is -0.294 e. The zero-order valence-corrected chi connectivity index (χ0v) is 25.7. The molecule has 2 aliphatic rings. The van der Waals surface area contributed by atoms with Crippen LogP contribution in [-0.4, -0.2) is 24.1 Å². The molecule has 0 atom stereocenters. The van der Waals surface area contributed by atoms with Gasteiger partial charge in [-0.1, -0.05) is 24.3 Å². The maximum Gasteiger partial charge on any atom is 0.147 e. The maximum atomic E-state index is 5.18. The highest BCUT2D eigenvalue weighted by molar-refractivity contribution is 6.08. The molecule has 0 fully saturated rings. The molecule has 3 aromatic carbocycles. The van der Waals surface area contributed by atoms with Crippen LogP contribution in [0.5, 0.6) is 0 Å². The molecule has 0 amide bonds. The van der Waals surface area contributed by atoms with Crippen LogP contribution in [0.2, 0.25) is 0 Å². The average molecular weight is 596 g/mol. The van der Waals surface area contributed by atoms with Crippen molar-refractivity contribution in [2.24, 2.45) is 0 Å². The van der Waals surface area contributed by atoms with Crippen LogP contribution in [-0.2, 0) is 25.7 Å². The van der Waals surface area contributed by atoms with Gasteiger partial charge in [0, 0.05) is 45.6 Å². The fraction of sp³-hybridized carbons (Fsp3) is 0.195. The molecule has 10 rings (SSSR count). The van der Waals surface area contributed by atoms with Crippen molar-refractivity contribution in [3.8, 4) is 22.5 Å². The molecule has 0 aliphatic heterocycles. The van der Waals surface area contributed by atoms with Crippen LogP contribution in [0.1, 0.15) is 48.1 Å². The summed E-state index contributed by atoms with van der Waals surface area (Å²) in [5, 5.41) is 3.64. The molecule has 0 saturated carbocycles. The number of nitrogens with zero attached hydrogens (tertiary/aromatic N) is 5. The molecule has 0 bridgehead atoms. The van der Waals surface area contributed by atoms with Gasteiger partial charge in [-0.2, -0.15) is 0 Å². The van der Waals surface area contributed by atoms with Gasteiger partial charge in [-0.15, -0.1) is 0 Å². The number of hydrogen-bond donors (Lipinski definition) is 0. The largest absolute Gasteiger partial charge is 0.294 e. The van der Waals surface area contributed by atoms with Crippen molar-refractivity contribution in [1.82, 2.24) is 24.1 Å². The summed E-state index contributed by atoms with van der Waals surface area (Å²) in [5.41, 5.74) is 15.7. The Bertz CT molecular complexity index is 2290. The number of aromatic nitrogens is 5. The highest BCUT2D eigenvalue weighted by Crippen LogP contribution is 2.37. The Morgan fingerprint density at radius 2 is 1.02 bits per heavy atom. The Morgan fingerprint density at radius 3 is 1.72 bits per heavy atom. The fourth-order valence-corrected chi connectivity index (χ4v) is 8.07. The van der Waals surface area contributed by atoms with E-state index in [0.717, 1.165) is 51.9 Å². The summed E-state index contributed by atoms with van der Waals surface area (Å²) in [5.74, 6) is 0. The summed E-state index contributed by atoms with van der Waals surface area (Å²) in [6.07, 6.45) is 13.3. The van der Waals surface area contributed by atoms with Crippen molar-refractivity contribution in [1.29, 1.82) is 0 Å². The summed E-state index contributed by atoms with van der Waals surface area (Å²) in [6.45, 7) is 0. The second-order valence-corrected chi connectivity index (χ2v) is 13.0. The summed E-state index contributed by atoms with van der Waals surface area (Å²) in [6, 6.07) is 33.5. The molecule has 46 heavy (non-hydrogen) atoms. The highest BCUT2D eigenvalue weighted by atomic mass is 15.1. The summed E-state index contributed by atoms with van der Waals surface area (Å²) in [7, 11) is 0. The van der Waals surface area contributed by atoms with E-state index in [1.807, 2.05) is 18.5 Å². The summed E-state index contributed by atoms with van der Waals surface area (Å²) in [4.78, 5) is 14.8. The molecule has 0 unspecified atom stereocenters. The van der Waals surface area contributed by atoms with Crippen molar-refractivity contribution < 1.29 is 0 Å². The number of aryl methyl sites for hydroxylation is 4. The topological polar surface area (TPSA) is 48.5 Å². The fourth-order valence-electron chi connectivity index (χ4n) is 8.07. The molecule has 222 valence electrons. The number of fused-ring (bicyclic) bond motifs is 8. The second-order valence-electron chi connectivity index (χ2n) is 13.0. The Hall–Kier alpha value is -5.29. The second kappa shape index (κ2) is 10.1. The van der Waals surface area contributed by atoms with Crippen LogP contribution >= 0.6 is 0 Å². The van der Waals surface area contributed by atoms with Crippen molar-refractivity contribution in [2.75, 3.05) is 0 Å². The number of pyridine rings is 3. The first-order valence-electron chi connectivity index (χ1n) is 16.7. The van der Waals surface area contributed by atoms with E-state index in [2.05, 4.69) is 94.1 Å². The Kier molecular flexibility index (Phi) is 5.71. The highest BCUT2D eigenvalue weighted by Gasteiger charge is 2.20. The minimum atomic E-state index is 0.963. The quantitative estimate of drug-likeness (QED) is 0.204. The van der Waals surface area contributed by atoms with Gasteiger partial charge in [0.2, 0.25) is 0 Å². The maximum absolute atomic E-state index is 5.18. The number of rotatable bonds is 3. The average Bonchev–Trinajstić information content (AvgIpc) is 3.61. The van der Waals surface area contributed by atoms with Gasteiger partial charge in [0.1, 0.15) is 11.3 Å². The first kappa shape index (κ1) is 26.0. The van der Waals surface area contributed by atoms with Crippen LogP contribution in [0.3, 0.4) is 0 Å². The van der Waals surface area contributed by atoms with Gasteiger partial charge in [-0.05, 0) is 146 Å². The van der Waals surface area contributed by atoms with E-state index in [1.165, 1.54) is 88.3 Å². The molecule has 2 aliphatic carbocycles. The molecule has 5 nitrogen and oxygen atoms in total. The van der Waals surface area contributed by atoms with E-state index in [-0.39, 0.29) is 0 Å². The van der Waals surface area contributed by atoms with Gasteiger partial charge in [0.25, 0.3) is 0 Å². The monoisotopic (exact) mass is 595 g/mol. The first-order chi connectivity index (χ1) is 22.8. The van der Waals surface area contributed by atoms with Gasteiger partial charge in [0.05, 0.1) is 16.6 Å². The van der Waals surface area contributed by atoms with E-state index >= 15 is 0 Å². The van der Waals surface area contributed by atoms with E-state index in [0.29, 0.717) is 0 Å². The third kappa shape index (κ3) is 3.91. The molecule has 0 spiro atoms. The lowest BCUT2D eigenvalue weighted by atomic mass is 9.90. The zero-order valence-electron chi connectivity index (χ0n) is 25.7. The smallest absolute Gasteiger partial charge is 0.147 e. The van der Waals surface area contributed by atoms with Crippen molar-refractivity contribution in [2.45, 2.75) is 51.4 Å². The van der Waals surface area contributed by atoms with Crippen molar-refractivity contribution in [3.05, 3.63) is 126 Å². The minimum absolute atomic E-state index is 0.963. The van der Waals surface area contributed by atoms with E-state index in [1.54, 1.807) is 0 Å². The van der Waals surface area contributed by atoms with Crippen LogP contribution < -0.4 is 0 Å². The SMILES string of the molecule is c1cnc2c(c1)c1cc3c(cc1n2-c1ccc(-c2ccc(-n4c5cc6c(nc5c5cccnc54)CCCC6)cc2)cc1)CCCC3. The normalized spacial score (nSPS) is 14.7. The van der Waals surface area contributed by atoms with Crippen LogP contribution in [0, 0.1) is 0 Å². The lowest BCUT2D eigenvalue weighted by Gasteiger charge is -2.16. The zero-order chi connectivity index (χ0) is 30.2. The predicted octanol–water partition coefficient (Wildman–Crippen LogP) is 9.49. The van der Waals surface area contributed by atoms with E-state index in [9.17, 15) is 0 Å². The number of benzene rings is 3. The molecule has 0 N–H and O–H groups in total. The molecular weight excluding hydrogens is 562 g/mol. The Morgan fingerprint density at radius 1 is 0.478 bits per heavy atom. The van der Waals surface area contributed by atoms with Crippen LogP contribution in [0.4, 0.5) is 0 Å². The standard InChI is InChI=1S/C41H33N5/c1-2-8-29-24-37-35(23-28(29)7-1)33-10-5-21-42-40(33)45(37)31-17-13-26(14-18-31)27-15-19-32(20-16-27)46-38-25-30-9-3-4-12-36(30)44-39(38)34-11-6-22-43-41(34)46/h5-6,10-11,13-25H,1-4,7-9,12H2. The Balaban J connectivity index is 1.04. The van der Waals surface area contributed by atoms with E-state index in [4.69, 9.17) is 15.0 Å². The molecule has 8 aromatic rings. The van der Waals surface area contributed by atoms with E-state index < -0.39 is 0 Å². The van der Waals surface area contributed by atoms with Gasteiger partial charge in [-0.3, -0.25) is 14.1 Å². The van der Waals surface area contributed by atoms with Crippen LogP contribution in [0.15, 0.2) is 103 Å². The molecule has 0 radical (unpaired) electrons. The van der Waals surface area contributed by atoms with Gasteiger partial charge >= 0.3 is 0 Å². The third-order valence-corrected chi connectivity index (χ3v) is 10.3. The molecule has 0 saturated heterocycles. The molecular formula is C41H33N5. The van der Waals surface area contributed by atoms with Crippen molar-refractivity contribution >= 4 is 44.0 Å². The summed E-state index contributed by atoms with van der Waals surface area (Å²) < 4.78 is 4.63. The van der Waals surface area contributed by atoms with Gasteiger partial charge in [0.15, 0.2) is 0 Å². The van der Waals surface area contributed by atoms with Gasteiger partial charge in [-0.25, -0.2) is 9.97 Å². The third-order valence-electron chi connectivity index (χ3n) is 10.3. The van der Waals surface area contributed by atoms with Crippen LogP contribution in [0.25, 0.3) is 66.5 Å². The number of hydrogen-bond acceptors (Lipinski definition) is 3. The van der Waals surface area contributed by atoms with Gasteiger partial charge < -0.3 is 0 Å². The molecule has 5 aromatic heterocycles.